The molecule has 0 fully saturated rings. The highest BCUT2D eigenvalue weighted by Crippen LogP contribution is 2.48. The van der Waals surface area contributed by atoms with Gasteiger partial charge in [-0.25, -0.2) is 4.98 Å². The second kappa shape index (κ2) is 17.6. The predicted octanol–water partition coefficient (Wildman–Crippen LogP) is 15.9. The van der Waals surface area contributed by atoms with Gasteiger partial charge in [0.15, 0.2) is 11.6 Å². The zero-order valence-electron chi connectivity index (χ0n) is 38.0. The van der Waals surface area contributed by atoms with E-state index in [0.717, 1.165) is 44.9 Å². The van der Waals surface area contributed by atoms with Gasteiger partial charge in [0.1, 0.15) is 0 Å². The van der Waals surface area contributed by atoms with Crippen molar-refractivity contribution in [3.05, 3.63) is 220 Å². The van der Waals surface area contributed by atoms with Crippen molar-refractivity contribution in [1.82, 2.24) is 15.0 Å². The summed E-state index contributed by atoms with van der Waals surface area (Å²) >= 11 is 0. The maximum atomic E-state index is 5.36. The van der Waals surface area contributed by atoms with Crippen LogP contribution in [-0.2, 0) is 0 Å². The fourth-order valence-corrected chi connectivity index (χ4v) is 9.45. The van der Waals surface area contributed by atoms with Crippen LogP contribution in [0.1, 0.15) is 44.5 Å². The van der Waals surface area contributed by atoms with Crippen molar-refractivity contribution in [2.45, 2.75) is 55.4 Å². The summed E-state index contributed by atoms with van der Waals surface area (Å²) < 4.78 is 0. The maximum absolute atomic E-state index is 5.36. The standard InChI is InChI=1S/C59H53N5/c1-38-34-41(4)54(42(5)35-38)64(55-43(6)36-39(2)37-44(55)7)53-33-28-40(3)56(45(53)8)63(50-31-29-47(30-32-50)52-27-19-18-26-51(52)46-20-12-9-13-21-46)59-61-57(48-22-14-10-15-23-48)60-58(62-59)49-24-16-11-17-25-49/h9-37H,1-8H3. The summed E-state index contributed by atoms with van der Waals surface area (Å²) in [6.07, 6.45) is 0. The van der Waals surface area contributed by atoms with Crippen LogP contribution < -0.4 is 9.80 Å². The van der Waals surface area contributed by atoms with E-state index in [4.69, 9.17) is 15.0 Å². The second-order valence-corrected chi connectivity index (χ2v) is 17.0. The Morgan fingerprint density at radius 1 is 0.328 bits per heavy atom. The average molecular weight is 832 g/mol. The van der Waals surface area contributed by atoms with Gasteiger partial charge in [0.2, 0.25) is 5.95 Å². The first kappa shape index (κ1) is 41.7. The van der Waals surface area contributed by atoms with Gasteiger partial charge in [-0.1, -0.05) is 169 Å². The zero-order valence-corrected chi connectivity index (χ0v) is 38.0. The molecule has 0 aliphatic carbocycles. The van der Waals surface area contributed by atoms with Crippen LogP contribution in [0.15, 0.2) is 176 Å². The van der Waals surface area contributed by atoms with E-state index < -0.39 is 0 Å². The van der Waals surface area contributed by atoms with E-state index in [1.807, 2.05) is 36.4 Å². The minimum atomic E-state index is 0.533. The molecule has 0 radical (unpaired) electrons. The third-order valence-corrected chi connectivity index (χ3v) is 12.1. The zero-order chi connectivity index (χ0) is 44.5. The van der Waals surface area contributed by atoms with Gasteiger partial charge in [-0.05, 0) is 129 Å². The molecule has 5 nitrogen and oxygen atoms in total. The topological polar surface area (TPSA) is 45.2 Å². The summed E-state index contributed by atoms with van der Waals surface area (Å²) in [7, 11) is 0. The van der Waals surface area contributed by atoms with E-state index in [1.54, 1.807) is 0 Å². The van der Waals surface area contributed by atoms with E-state index >= 15 is 0 Å². The Kier molecular flexibility index (Phi) is 11.5. The molecule has 5 heteroatoms. The van der Waals surface area contributed by atoms with Crippen molar-refractivity contribution in [2.75, 3.05) is 9.80 Å². The lowest BCUT2D eigenvalue weighted by Crippen LogP contribution is -2.21. The Labute approximate surface area is 378 Å². The van der Waals surface area contributed by atoms with Gasteiger partial charge in [0.05, 0.1) is 22.7 Å². The molecular formula is C59H53N5. The van der Waals surface area contributed by atoms with Crippen molar-refractivity contribution in [1.29, 1.82) is 0 Å². The molecule has 0 bridgehead atoms. The maximum Gasteiger partial charge on any atom is 0.238 e. The van der Waals surface area contributed by atoms with Crippen molar-refractivity contribution >= 4 is 34.4 Å². The van der Waals surface area contributed by atoms with Crippen molar-refractivity contribution in [3.8, 4) is 45.0 Å². The third-order valence-electron chi connectivity index (χ3n) is 12.1. The van der Waals surface area contributed by atoms with Gasteiger partial charge in [-0.2, -0.15) is 9.97 Å². The molecule has 0 N–H and O–H groups in total. The predicted molar refractivity (Wildman–Crippen MR) is 269 cm³/mol. The highest BCUT2D eigenvalue weighted by molar-refractivity contribution is 5.91. The molecule has 314 valence electrons. The van der Waals surface area contributed by atoms with Gasteiger partial charge < -0.3 is 4.90 Å². The lowest BCUT2D eigenvalue weighted by Gasteiger charge is -2.35. The highest BCUT2D eigenvalue weighted by atomic mass is 15.3. The number of benzene rings is 8. The van der Waals surface area contributed by atoms with E-state index in [2.05, 4.69) is 205 Å². The molecule has 9 rings (SSSR count). The molecule has 0 atom stereocenters. The number of aromatic nitrogens is 3. The lowest BCUT2D eigenvalue weighted by atomic mass is 9.94. The van der Waals surface area contributed by atoms with Crippen LogP contribution in [-0.4, -0.2) is 15.0 Å². The fraction of sp³-hybridized carbons (Fsp3) is 0.136. The summed E-state index contributed by atoms with van der Waals surface area (Å²) in [6, 6.07) is 62.2. The number of hydrogen-bond acceptors (Lipinski definition) is 5. The lowest BCUT2D eigenvalue weighted by molar-refractivity contribution is 1.01. The van der Waals surface area contributed by atoms with Gasteiger partial charge in [-0.3, -0.25) is 4.90 Å². The molecule has 0 aliphatic heterocycles. The first-order valence-corrected chi connectivity index (χ1v) is 22.0. The summed E-state index contributed by atoms with van der Waals surface area (Å²) in [6.45, 7) is 17.7. The number of rotatable bonds is 10. The Balaban J connectivity index is 1.31. The Morgan fingerprint density at radius 2 is 0.734 bits per heavy atom. The monoisotopic (exact) mass is 831 g/mol. The van der Waals surface area contributed by atoms with Crippen LogP contribution in [0.4, 0.5) is 34.4 Å². The van der Waals surface area contributed by atoms with E-state index in [9.17, 15) is 0 Å². The highest BCUT2D eigenvalue weighted by Gasteiger charge is 2.28. The largest absolute Gasteiger partial charge is 0.309 e. The number of hydrogen-bond donors (Lipinski definition) is 0. The van der Waals surface area contributed by atoms with Crippen molar-refractivity contribution < 1.29 is 0 Å². The molecule has 0 saturated heterocycles. The summed E-state index contributed by atoms with van der Waals surface area (Å²) in [4.78, 5) is 20.5. The molecule has 0 amide bonds. The van der Waals surface area contributed by atoms with Crippen LogP contribution in [0.2, 0.25) is 0 Å². The number of anilines is 6. The minimum Gasteiger partial charge on any atom is -0.309 e. The summed E-state index contributed by atoms with van der Waals surface area (Å²) in [5, 5.41) is 0. The molecular weight excluding hydrogens is 779 g/mol. The fourth-order valence-electron chi connectivity index (χ4n) is 9.45. The molecule has 1 aromatic heterocycles. The molecule has 1 heterocycles. The summed E-state index contributed by atoms with van der Waals surface area (Å²) in [5.74, 6) is 1.74. The Hall–Kier alpha value is -7.63. The first-order chi connectivity index (χ1) is 31.0. The van der Waals surface area contributed by atoms with Gasteiger partial charge >= 0.3 is 0 Å². The quantitative estimate of drug-likeness (QED) is 0.137. The number of aryl methyl sites for hydroxylation is 7. The molecule has 0 unspecified atom stereocenters. The van der Waals surface area contributed by atoms with Crippen LogP contribution in [0.3, 0.4) is 0 Å². The third kappa shape index (κ3) is 8.09. The Bertz CT molecular complexity index is 2960. The van der Waals surface area contributed by atoms with Crippen LogP contribution >= 0.6 is 0 Å². The van der Waals surface area contributed by atoms with Crippen molar-refractivity contribution in [2.24, 2.45) is 0 Å². The SMILES string of the molecule is Cc1cc(C)c(N(c2ccc(C)c(N(c3ccc(-c4ccccc4-c4ccccc4)cc3)c3nc(-c4ccccc4)nc(-c4ccccc4)n3)c2C)c2c(C)cc(C)cc2C)c(C)c1. The van der Waals surface area contributed by atoms with Gasteiger partial charge in [-0.15, -0.1) is 0 Å². The van der Waals surface area contributed by atoms with Gasteiger partial charge in [0.25, 0.3) is 0 Å². The van der Waals surface area contributed by atoms with Crippen LogP contribution in [0, 0.1) is 55.4 Å². The smallest absolute Gasteiger partial charge is 0.238 e. The normalized spacial score (nSPS) is 11.1. The van der Waals surface area contributed by atoms with Crippen LogP contribution in [0.25, 0.3) is 45.0 Å². The van der Waals surface area contributed by atoms with E-state index in [0.29, 0.717) is 17.6 Å². The molecule has 8 aromatic carbocycles. The van der Waals surface area contributed by atoms with Crippen LogP contribution in [0.5, 0.6) is 0 Å². The average Bonchev–Trinajstić information content (AvgIpc) is 3.30. The Morgan fingerprint density at radius 3 is 1.19 bits per heavy atom. The first-order valence-electron chi connectivity index (χ1n) is 22.0. The van der Waals surface area contributed by atoms with Crippen molar-refractivity contribution in [3.63, 3.8) is 0 Å². The minimum absolute atomic E-state index is 0.533. The van der Waals surface area contributed by atoms with Gasteiger partial charge in [0, 0.05) is 16.8 Å². The molecule has 0 aliphatic rings. The summed E-state index contributed by atoms with van der Waals surface area (Å²) in [5.41, 5.74) is 21.5. The second-order valence-electron chi connectivity index (χ2n) is 17.0. The molecule has 64 heavy (non-hydrogen) atoms. The molecule has 9 aromatic rings. The number of nitrogens with zero attached hydrogens (tertiary/aromatic N) is 5. The molecule has 0 saturated carbocycles. The van der Waals surface area contributed by atoms with E-state index in [-0.39, 0.29) is 0 Å². The molecule has 0 spiro atoms. The van der Waals surface area contributed by atoms with E-state index in [1.165, 1.54) is 61.4 Å².